The largest absolute Gasteiger partial charge is 0.505 e. The van der Waals surface area contributed by atoms with Gasteiger partial charge in [-0.1, -0.05) is 206 Å². The van der Waals surface area contributed by atoms with Crippen molar-refractivity contribution in [3.63, 3.8) is 0 Å². The molecule has 2 aromatic rings. The normalized spacial score (nSPS) is 12.9. The van der Waals surface area contributed by atoms with Crippen molar-refractivity contribution in [2.45, 2.75) is 240 Å². The standard InChI is InChI=1S/C49H82FO2P/c1-5-9-13-17-21-25-29-33-42-37-44(35-31-27-23-19-15-11-7-3)48-46(39-42)41-47-40-43(34-30-26-22-18-14-10-6-2)38-45(49(47)52-53(50)51-48)36-32-28-24-20-16-12-8-4/h37-40H,5-36,41H2,1-4H3. The first kappa shape index (κ1) is 45.8. The second-order valence-corrected chi connectivity index (χ2v) is 17.3. The van der Waals surface area contributed by atoms with Crippen molar-refractivity contribution < 1.29 is 13.2 Å². The van der Waals surface area contributed by atoms with Gasteiger partial charge in [0, 0.05) is 6.42 Å². The minimum absolute atomic E-state index is 0.761. The van der Waals surface area contributed by atoms with Gasteiger partial charge in [-0.2, -0.15) is 0 Å². The quantitative estimate of drug-likeness (QED) is 0.0547. The zero-order chi connectivity index (χ0) is 37.8. The van der Waals surface area contributed by atoms with E-state index in [1.807, 2.05) is 0 Å². The highest BCUT2D eigenvalue weighted by atomic mass is 31.2. The summed E-state index contributed by atoms with van der Waals surface area (Å²) < 4.78 is 28.5. The third kappa shape index (κ3) is 19.2. The Morgan fingerprint density at radius 2 is 0.679 bits per heavy atom. The van der Waals surface area contributed by atoms with Gasteiger partial charge in [0.25, 0.3) is 0 Å². The first-order chi connectivity index (χ1) is 26.1. The lowest BCUT2D eigenvalue weighted by Crippen LogP contribution is -2.09. The molecule has 0 atom stereocenters. The van der Waals surface area contributed by atoms with Crippen LogP contribution in [0.15, 0.2) is 24.3 Å². The summed E-state index contributed by atoms with van der Waals surface area (Å²) in [5, 5.41) is 0. The molecule has 0 bridgehead atoms. The maximum absolute atomic E-state index is 16.0. The third-order valence-corrected chi connectivity index (χ3v) is 12.2. The fourth-order valence-electron chi connectivity index (χ4n) is 8.30. The summed E-state index contributed by atoms with van der Waals surface area (Å²) in [7, 11) is -2.56. The molecule has 3 rings (SSSR count). The predicted molar refractivity (Wildman–Crippen MR) is 232 cm³/mol. The van der Waals surface area contributed by atoms with Gasteiger partial charge in [0.15, 0.2) is 0 Å². The van der Waals surface area contributed by atoms with E-state index in [0.29, 0.717) is 0 Å². The number of unbranched alkanes of at least 4 members (excludes halogenated alkanes) is 24. The Kier molecular flexibility index (Phi) is 25.6. The van der Waals surface area contributed by atoms with Crippen LogP contribution >= 0.6 is 8.69 Å². The molecule has 0 N–H and O–H groups in total. The van der Waals surface area contributed by atoms with E-state index in [4.69, 9.17) is 9.05 Å². The Labute approximate surface area is 329 Å². The third-order valence-electron chi connectivity index (χ3n) is 11.5. The molecule has 1 aliphatic heterocycles. The van der Waals surface area contributed by atoms with E-state index in [0.717, 1.165) is 56.4 Å². The SMILES string of the molecule is CCCCCCCCCc1cc(CCCCCCCCC)c2c(c1)Cc1cc(CCCCCCCCC)cc(CCCCCCCCC)c1OP(F)O2. The second kappa shape index (κ2) is 29.7. The van der Waals surface area contributed by atoms with Crippen LogP contribution in [-0.2, 0) is 32.1 Å². The lowest BCUT2D eigenvalue weighted by Gasteiger charge is -2.25. The number of aryl methyl sites for hydroxylation is 4. The summed E-state index contributed by atoms with van der Waals surface area (Å²) in [5.41, 5.74) is 7.57. The lowest BCUT2D eigenvalue weighted by atomic mass is 9.90. The van der Waals surface area contributed by atoms with Gasteiger partial charge in [0.05, 0.1) is 0 Å². The van der Waals surface area contributed by atoms with Crippen LogP contribution in [0.25, 0.3) is 0 Å². The summed E-state index contributed by atoms with van der Waals surface area (Å²) in [4.78, 5) is 0. The summed E-state index contributed by atoms with van der Waals surface area (Å²) in [6.45, 7) is 9.15. The summed E-state index contributed by atoms with van der Waals surface area (Å²) >= 11 is 0. The van der Waals surface area contributed by atoms with Crippen molar-refractivity contribution in [3.05, 3.63) is 57.6 Å². The van der Waals surface area contributed by atoms with E-state index in [1.165, 1.54) is 200 Å². The average Bonchev–Trinajstić information content (AvgIpc) is 3.15. The molecule has 1 heterocycles. The maximum atomic E-state index is 16.0. The Hall–Kier alpha value is -1.60. The number of rotatable bonds is 32. The fraction of sp³-hybridized carbons (Fsp3) is 0.755. The number of hydrogen-bond donors (Lipinski definition) is 0. The minimum Gasteiger partial charge on any atom is -0.414 e. The van der Waals surface area contributed by atoms with Crippen LogP contribution in [0.4, 0.5) is 4.20 Å². The highest BCUT2D eigenvalue weighted by Crippen LogP contribution is 2.50. The first-order valence-electron chi connectivity index (χ1n) is 23.2. The lowest BCUT2D eigenvalue weighted by molar-refractivity contribution is 0.422. The van der Waals surface area contributed by atoms with Gasteiger partial charge >= 0.3 is 8.69 Å². The Bertz CT molecular complexity index is 1120. The molecule has 0 unspecified atom stereocenters. The molecule has 0 spiro atoms. The molecule has 0 saturated carbocycles. The molecular formula is C49H82FO2P. The van der Waals surface area contributed by atoms with E-state index in [-0.39, 0.29) is 0 Å². The van der Waals surface area contributed by atoms with E-state index < -0.39 is 8.69 Å². The highest BCUT2D eigenvalue weighted by Gasteiger charge is 2.27. The van der Waals surface area contributed by atoms with Crippen LogP contribution in [0.1, 0.15) is 241 Å². The second-order valence-electron chi connectivity index (χ2n) is 16.5. The first-order valence-corrected chi connectivity index (χ1v) is 24.3. The average molecular weight is 753 g/mol. The molecule has 0 aliphatic carbocycles. The zero-order valence-corrected chi connectivity index (χ0v) is 36.2. The van der Waals surface area contributed by atoms with Crippen LogP contribution in [-0.4, -0.2) is 0 Å². The fourth-order valence-corrected chi connectivity index (χ4v) is 9.09. The minimum atomic E-state index is -2.56. The van der Waals surface area contributed by atoms with Crippen LogP contribution in [0.2, 0.25) is 0 Å². The van der Waals surface area contributed by atoms with Crippen molar-refractivity contribution in [1.82, 2.24) is 0 Å². The van der Waals surface area contributed by atoms with Crippen LogP contribution in [0, 0.1) is 0 Å². The summed E-state index contributed by atoms with van der Waals surface area (Å²) in [5.74, 6) is 1.56. The topological polar surface area (TPSA) is 18.5 Å². The molecule has 53 heavy (non-hydrogen) atoms. The van der Waals surface area contributed by atoms with Gasteiger partial charge in [-0.05, 0) is 84.7 Å². The van der Waals surface area contributed by atoms with Gasteiger partial charge in [-0.25, -0.2) is 0 Å². The molecule has 1 aliphatic rings. The van der Waals surface area contributed by atoms with E-state index in [1.54, 1.807) is 0 Å². The van der Waals surface area contributed by atoms with Crippen molar-refractivity contribution in [3.8, 4) is 11.5 Å². The molecule has 0 amide bonds. The smallest absolute Gasteiger partial charge is 0.414 e. The van der Waals surface area contributed by atoms with Gasteiger partial charge in [0.1, 0.15) is 11.5 Å². The number of halogens is 1. The van der Waals surface area contributed by atoms with Gasteiger partial charge in [0.2, 0.25) is 0 Å². The predicted octanol–water partition coefficient (Wildman–Crippen LogP) is 17.4. The van der Waals surface area contributed by atoms with Gasteiger partial charge in [-0.3, -0.25) is 0 Å². The molecule has 2 nitrogen and oxygen atoms in total. The Morgan fingerprint density at radius 1 is 0.396 bits per heavy atom. The van der Waals surface area contributed by atoms with E-state index in [9.17, 15) is 0 Å². The summed E-state index contributed by atoms with van der Waals surface area (Å²) in [6.07, 6.45) is 41.2. The maximum Gasteiger partial charge on any atom is 0.505 e. The number of benzene rings is 2. The van der Waals surface area contributed by atoms with Crippen molar-refractivity contribution in [1.29, 1.82) is 0 Å². The van der Waals surface area contributed by atoms with Crippen molar-refractivity contribution in [2.24, 2.45) is 0 Å². The summed E-state index contributed by atoms with van der Waals surface area (Å²) in [6, 6.07) is 9.47. The van der Waals surface area contributed by atoms with Crippen molar-refractivity contribution in [2.75, 3.05) is 0 Å². The zero-order valence-electron chi connectivity index (χ0n) is 35.3. The van der Waals surface area contributed by atoms with E-state index in [2.05, 4.69) is 52.0 Å². The Balaban J connectivity index is 1.84. The molecule has 0 fully saturated rings. The molecule has 0 saturated heterocycles. The van der Waals surface area contributed by atoms with Gasteiger partial charge < -0.3 is 9.05 Å². The van der Waals surface area contributed by atoms with Gasteiger partial charge in [-0.15, -0.1) is 4.20 Å². The number of hydrogen-bond acceptors (Lipinski definition) is 2. The van der Waals surface area contributed by atoms with Crippen LogP contribution < -0.4 is 9.05 Å². The highest BCUT2D eigenvalue weighted by molar-refractivity contribution is 7.42. The molecule has 4 heteroatoms. The van der Waals surface area contributed by atoms with E-state index >= 15 is 4.20 Å². The molecule has 302 valence electrons. The Morgan fingerprint density at radius 3 is 1.00 bits per heavy atom. The van der Waals surface area contributed by atoms with Crippen LogP contribution in [0.5, 0.6) is 11.5 Å². The number of fused-ring (bicyclic) bond motifs is 2. The molecule has 0 radical (unpaired) electrons. The molecular weight excluding hydrogens is 671 g/mol. The molecule has 2 aromatic carbocycles. The van der Waals surface area contributed by atoms with Crippen molar-refractivity contribution >= 4 is 8.69 Å². The monoisotopic (exact) mass is 753 g/mol. The van der Waals surface area contributed by atoms with Crippen LogP contribution in [0.3, 0.4) is 0 Å². The molecule has 0 aromatic heterocycles.